The molecule has 0 heterocycles. The van der Waals surface area contributed by atoms with Gasteiger partial charge >= 0.3 is 0 Å². The van der Waals surface area contributed by atoms with Crippen LogP contribution in [-0.4, -0.2) is 30.9 Å². The van der Waals surface area contributed by atoms with Crippen LogP contribution in [0.5, 0.6) is 5.75 Å². The SMILES string of the molecule is COc1ccccc1C1CC(NC2CCCCC2CO)C1. The van der Waals surface area contributed by atoms with Crippen LogP contribution in [0, 0.1) is 5.92 Å². The normalized spacial score (nSPS) is 32.5. The molecule has 2 fully saturated rings. The van der Waals surface area contributed by atoms with Gasteiger partial charge in [-0.1, -0.05) is 31.0 Å². The molecule has 2 saturated carbocycles. The van der Waals surface area contributed by atoms with Crippen molar-refractivity contribution in [3.05, 3.63) is 29.8 Å². The molecule has 2 aliphatic rings. The molecule has 3 heteroatoms. The van der Waals surface area contributed by atoms with Gasteiger partial charge in [-0.05, 0) is 49.1 Å². The predicted octanol–water partition coefficient (Wildman–Crippen LogP) is 3.08. The second-order valence-electron chi connectivity index (χ2n) is 6.61. The van der Waals surface area contributed by atoms with Gasteiger partial charge in [0.2, 0.25) is 0 Å². The maximum atomic E-state index is 9.51. The third-order valence-corrected chi connectivity index (χ3v) is 5.31. The van der Waals surface area contributed by atoms with Crippen LogP contribution in [0.1, 0.15) is 50.0 Å². The second kappa shape index (κ2) is 6.80. The van der Waals surface area contributed by atoms with Crippen molar-refractivity contribution in [2.45, 2.75) is 56.5 Å². The molecule has 3 nitrogen and oxygen atoms in total. The molecule has 0 bridgehead atoms. The Balaban J connectivity index is 1.53. The summed E-state index contributed by atoms with van der Waals surface area (Å²) >= 11 is 0. The fourth-order valence-corrected chi connectivity index (χ4v) is 3.96. The van der Waals surface area contributed by atoms with Gasteiger partial charge in [0.05, 0.1) is 7.11 Å². The van der Waals surface area contributed by atoms with Crippen LogP contribution >= 0.6 is 0 Å². The molecular weight excluding hydrogens is 262 g/mol. The number of hydrogen-bond acceptors (Lipinski definition) is 3. The quantitative estimate of drug-likeness (QED) is 0.875. The van der Waals surface area contributed by atoms with Crippen molar-refractivity contribution in [2.24, 2.45) is 5.92 Å². The first-order valence-corrected chi connectivity index (χ1v) is 8.31. The summed E-state index contributed by atoms with van der Waals surface area (Å²) < 4.78 is 5.47. The van der Waals surface area contributed by atoms with E-state index in [1.807, 2.05) is 6.07 Å². The largest absolute Gasteiger partial charge is 0.496 e. The molecule has 0 aromatic heterocycles. The molecule has 1 aromatic carbocycles. The van der Waals surface area contributed by atoms with E-state index in [0.717, 1.165) is 5.75 Å². The van der Waals surface area contributed by atoms with Gasteiger partial charge in [0.1, 0.15) is 5.75 Å². The minimum absolute atomic E-state index is 0.334. The summed E-state index contributed by atoms with van der Waals surface area (Å²) in [6.07, 6.45) is 7.36. The van der Waals surface area contributed by atoms with E-state index >= 15 is 0 Å². The average Bonchev–Trinajstić information content (AvgIpc) is 2.51. The van der Waals surface area contributed by atoms with Gasteiger partial charge in [0.25, 0.3) is 0 Å². The van der Waals surface area contributed by atoms with Crippen LogP contribution in [0.4, 0.5) is 0 Å². The lowest BCUT2D eigenvalue weighted by Gasteiger charge is -2.42. The number of ether oxygens (including phenoxy) is 1. The van der Waals surface area contributed by atoms with E-state index in [1.54, 1.807) is 7.11 Å². The van der Waals surface area contributed by atoms with Crippen molar-refractivity contribution in [2.75, 3.05) is 13.7 Å². The third-order valence-electron chi connectivity index (χ3n) is 5.31. The highest BCUT2D eigenvalue weighted by atomic mass is 16.5. The van der Waals surface area contributed by atoms with Crippen molar-refractivity contribution in [1.29, 1.82) is 0 Å². The molecule has 2 aliphatic carbocycles. The van der Waals surface area contributed by atoms with Crippen LogP contribution in [0.15, 0.2) is 24.3 Å². The number of nitrogens with one attached hydrogen (secondary N) is 1. The summed E-state index contributed by atoms with van der Waals surface area (Å²) in [4.78, 5) is 0. The molecule has 0 amide bonds. The maximum Gasteiger partial charge on any atom is 0.122 e. The molecule has 0 spiro atoms. The first-order valence-electron chi connectivity index (χ1n) is 8.31. The average molecular weight is 289 g/mol. The van der Waals surface area contributed by atoms with Gasteiger partial charge in [-0.2, -0.15) is 0 Å². The monoisotopic (exact) mass is 289 g/mol. The molecule has 0 radical (unpaired) electrons. The van der Waals surface area contributed by atoms with E-state index < -0.39 is 0 Å². The number of benzene rings is 1. The summed E-state index contributed by atoms with van der Waals surface area (Å²) in [6, 6.07) is 9.51. The molecule has 0 saturated heterocycles. The first-order chi connectivity index (χ1) is 10.3. The Morgan fingerprint density at radius 2 is 1.95 bits per heavy atom. The van der Waals surface area contributed by atoms with E-state index in [-0.39, 0.29) is 0 Å². The molecule has 2 N–H and O–H groups in total. The molecule has 116 valence electrons. The number of aliphatic hydroxyl groups excluding tert-OH is 1. The van der Waals surface area contributed by atoms with Crippen LogP contribution < -0.4 is 10.1 Å². The van der Waals surface area contributed by atoms with E-state index in [4.69, 9.17) is 4.74 Å². The van der Waals surface area contributed by atoms with Gasteiger partial charge in [-0.15, -0.1) is 0 Å². The first kappa shape index (κ1) is 14.9. The zero-order valence-corrected chi connectivity index (χ0v) is 12.9. The highest BCUT2D eigenvalue weighted by Gasteiger charge is 2.35. The lowest BCUT2D eigenvalue weighted by atomic mass is 9.74. The topological polar surface area (TPSA) is 41.5 Å². The fraction of sp³-hybridized carbons (Fsp3) is 0.667. The van der Waals surface area contributed by atoms with Crippen molar-refractivity contribution in [3.63, 3.8) is 0 Å². The van der Waals surface area contributed by atoms with Gasteiger partial charge in [0.15, 0.2) is 0 Å². The highest BCUT2D eigenvalue weighted by Crippen LogP contribution is 2.41. The summed E-state index contributed by atoms with van der Waals surface area (Å²) in [6.45, 7) is 0.334. The number of aliphatic hydroxyl groups is 1. The number of methoxy groups -OCH3 is 1. The lowest BCUT2D eigenvalue weighted by molar-refractivity contribution is 0.130. The van der Waals surface area contributed by atoms with Gasteiger partial charge in [-0.25, -0.2) is 0 Å². The molecular formula is C18H27NO2. The van der Waals surface area contributed by atoms with E-state index in [0.29, 0.717) is 30.5 Å². The van der Waals surface area contributed by atoms with Crippen molar-refractivity contribution < 1.29 is 9.84 Å². The van der Waals surface area contributed by atoms with Gasteiger partial charge in [-0.3, -0.25) is 0 Å². The van der Waals surface area contributed by atoms with Crippen molar-refractivity contribution >= 4 is 0 Å². The number of hydrogen-bond donors (Lipinski definition) is 2. The van der Waals surface area contributed by atoms with Gasteiger partial charge in [0, 0.05) is 18.7 Å². The fourth-order valence-electron chi connectivity index (χ4n) is 3.96. The Labute approximate surface area is 127 Å². The number of para-hydroxylation sites is 1. The van der Waals surface area contributed by atoms with E-state index in [2.05, 4.69) is 23.5 Å². The zero-order valence-electron chi connectivity index (χ0n) is 12.9. The van der Waals surface area contributed by atoms with Crippen LogP contribution in [0.2, 0.25) is 0 Å². The Morgan fingerprint density at radius 3 is 2.71 bits per heavy atom. The summed E-state index contributed by atoms with van der Waals surface area (Å²) in [5, 5.41) is 13.3. The third kappa shape index (κ3) is 3.24. The standard InChI is InChI=1S/C18H27NO2/c1-21-18-9-5-3-7-16(18)14-10-15(11-14)19-17-8-4-2-6-13(17)12-20/h3,5,7,9,13-15,17,19-20H,2,4,6,8,10-12H2,1H3. The van der Waals surface area contributed by atoms with Gasteiger partial charge < -0.3 is 15.2 Å². The Hall–Kier alpha value is -1.06. The lowest BCUT2D eigenvalue weighted by Crippen LogP contribution is -2.50. The summed E-state index contributed by atoms with van der Waals surface area (Å²) in [5.74, 6) is 2.10. The number of rotatable bonds is 5. The Bertz CT molecular complexity index is 456. The van der Waals surface area contributed by atoms with Crippen LogP contribution in [0.25, 0.3) is 0 Å². The molecule has 0 aliphatic heterocycles. The Kier molecular flexibility index (Phi) is 4.81. The molecule has 21 heavy (non-hydrogen) atoms. The highest BCUT2D eigenvalue weighted by molar-refractivity contribution is 5.37. The predicted molar refractivity (Wildman–Crippen MR) is 84.7 cm³/mol. The van der Waals surface area contributed by atoms with Crippen LogP contribution in [0.3, 0.4) is 0 Å². The zero-order chi connectivity index (χ0) is 14.7. The summed E-state index contributed by atoms with van der Waals surface area (Å²) in [7, 11) is 1.75. The molecule has 2 atom stereocenters. The smallest absolute Gasteiger partial charge is 0.122 e. The second-order valence-corrected chi connectivity index (χ2v) is 6.61. The minimum atomic E-state index is 0.334. The van der Waals surface area contributed by atoms with Crippen LogP contribution in [-0.2, 0) is 0 Å². The maximum absolute atomic E-state index is 9.51. The molecule has 1 aromatic rings. The van der Waals surface area contributed by atoms with E-state index in [9.17, 15) is 5.11 Å². The minimum Gasteiger partial charge on any atom is -0.496 e. The van der Waals surface area contributed by atoms with Crippen molar-refractivity contribution in [3.8, 4) is 5.75 Å². The molecule has 2 unspecified atom stereocenters. The van der Waals surface area contributed by atoms with Crippen molar-refractivity contribution in [1.82, 2.24) is 5.32 Å². The summed E-state index contributed by atoms with van der Waals surface area (Å²) in [5.41, 5.74) is 1.35. The Morgan fingerprint density at radius 1 is 1.19 bits per heavy atom. The van der Waals surface area contributed by atoms with E-state index in [1.165, 1.54) is 44.1 Å². The molecule has 3 rings (SSSR count).